The fourth-order valence-electron chi connectivity index (χ4n) is 2.15. The molecule has 1 aliphatic carbocycles. The molecule has 1 saturated carbocycles. The molecule has 1 heterocycles. The Morgan fingerprint density at radius 1 is 1.50 bits per heavy atom. The lowest BCUT2D eigenvalue weighted by Crippen LogP contribution is -2.02. The zero-order valence-corrected chi connectivity index (χ0v) is 9.36. The van der Waals surface area contributed by atoms with Crippen molar-refractivity contribution in [1.29, 1.82) is 0 Å². The van der Waals surface area contributed by atoms with Gasteiger partial charge in [0.1, 0.15) is 10.5 Å². The fourth-order valence-corrected chi connectivity index (χ4v) is 2.39. The summed E-state index contributed by atoms with van der Waals surface area (Å²) in [5.41, 5.74) is 1.30. The third-order valence-electron chi connectivity index (χ3n) is 2.94. The third kappa shape index (κ3) is 2.03. The van der Waals surface area contributed by atoms with Gasteiger partial charge in [-0.25, -0.2) is 4.98 Å². The predicted molar refractivity (Wildman–Crippen MR) is 60.0 cm³/mol. The summed E-state index contributed by atoms with van der Waals surface area (Å²) in [6, 6.07) is 2.03. The highest BCUT2D eigenvalue weighted by Crippen LogP contribution is 2.32. The lowest BCUT2D eigenvalue weighted by atomic mass is 10.0. The molecule has 0 radical (unpaired) electrons. The van der Waals surface area contributed by atoms with Gasteiger partial charge in [-0.15, -0.1) is 0 Å². The van der Waals surface area contributed by atoms with Crippen molar-refractivity contribution < 1.29 is 0 Å². The van der Waals surface area contributed by atoms with Crippen LogP contribution in [0.5, 0.6) is 0 Å². The van der Waals surface area contributed by atoms with Gasteiger partial charge in [-0.2, -0.15) is 0 Å². The van der Waals surface area contributed by atoms with E-state index in [0.717, 1.165) is 16.9 Å². The number of H-pyrrole nitrogens is 1. The van der Waals surface area contributed by atoms with Crippen molar-refractivity contribution in [3.8, 4) is 0 Å². The topological polar surface area (TPSA) is 28.7 Å². The molecule has 2 rings (SSSR count). The zero-order valence-electron chi connectivity index (χ0n) is 8.55. The first-order chi connectivity index (χ1) is 6.79. The van der Waals surface area contributed by atoms with E-state index in [-0.39, 0.29) is 0 Å². The van der Waals surface area contributed by atoms with Crippen LogP contribution in [0.4, 0.5) is 0 Å². The van der Waals surface area contributed by atoms with Crippen molar-refractivity contribution in [3.63, 3.8) is 0 Å². The van der Waals surface area contributed by atoms with E-state index < -0.39 is 0 Å². The molecule has 2 nitrogen and oxygen atoms in total. The summed E-state index contributed by atoms with van der Waals surface area (Å²) in [5.74, 6) is 1.73. The number of nitrogens with zero attached hydrogens (tertiary/aromatic N) is 1. The summed E-state index contributed by atoms with van der Waals surface area (Å²) in [4.78, 5) is 7.68. The standard InChI is InChI=1S/C11H16N2S/c1-2-10-12-9(7-11(14)13-10)8-5-3-4-6-8/h7-8H,2-6H2,1H3,(H,12,13,14). The minimum absolute atomic E-state index is 0.699. The quantitative estimate of drug-likeness (QED) is 0.755. The van der Waals surface area contributed by atoms with Gasteiger partial charge in [-0.1, -0.05) is 32.0 Å². The molecule has 0 aliphatic heterocycles. The molecule has 1 aliphatic rings. The first kappa shape index (κ1) is 9.84. The molecule has 3 heteroatoms. The van der Waals surface area contributed by atoms with Gasteiger partial charge in [0.25, 0.3) is 0 Å². The van der Waals surface area contributed by atoms with Crippen LogP contribution >= 0.6 is 12.2 Å². The molecular formula is C11H16N2S. The lowest BCUT2D eigenvalue weighted by molar-refractivity contribution is 0.683. The highest BCUT2D eigenvalue weighted by atomic mass is 32.1. The van der Waals surface area contributed by atoms with Crippen molar-refractivity contribution in [2.45, 2.75) is 44.9 Å². The molecule has 76 valence electrons. The molecule has 1 aromatic rings. The zero-order chi connectivity index (χ0) is 9.97. The molecule has 0 saturated heterocycles. The minimum Gasteiger partial charge on any atom is -0.347 e. The van der Waals surface area contributed by atoms with E-state index in [1.165, 1.54) is 31.4 Å². The van der Waals surface area contributed by atoms with E-state index in [2.05, 4.69) is 16.9 Å². The monoisotopic (exact) mass is 208 g/mol. The second kappa shape index (κ2) is 4.22. The Morgan fingerprint density at radius 2 is 2.21 bits per heavy atom. The summed E-state index contributed by atoms with van der Waals surface area (Å²) in [5, 5.41) is 0. The van der Waals surface area contributed by atoms with E-state index in [0.29, 0.717) is 5.92 Å². The van der Waals surface area contributed by atoms with Crippen LogP contribution in [0.15, 0.2) is 6.07 Å². The van der Waals surface area contributed by atoms with Gasteiger partial charge in [-0.05, 0) is 24.8 Å². The second-order valence-corrected chi connectivity index (χ2v) is 4.37. The van der Waals surface area contributed by atoms with Crippen LogP contribution in [0, 0.1) is 4.64 Å². The molecule has 1 aromatic heterocycles. The Balaban J connectivity index is 2.32. The first-order valence-corrected chi connectivity index (χ1v) is 5.80. The van der Waals surface area contributed by atoms with E-state index in [1.54, 1.807) is 0 Å². The van der Waals surface area contributed by atoms with Crippen LogP contribution in [0.2, 0.25) is 0 Å². The normalized spacial score (nSPS) is 17.5. The van der Waals surface area contributed by atoms with Crippen molar-refractivity contribution in [2.24, 2.45) is 0 Å². The van der Waals surface area contributed by atoms with Gasteiger partial charge < -0.3 is 4.98 Å². The summed E-state index contributed by atoms with van der Waals surface area (Å²) >= 11 is 5.16. The first-order valence-electron chi connectivity index (χ1n) is 5.39. The van der Waals surface area contributed by atoms with Gasteiger partial charge in [-0.3, -0.25) is 0 Å². The van der Waals surface area contributed by atoms with Crippen LogP contribution in [-0.2, 0) is 6.42 Å². The van der Waals surface area contributed by atoms with Gasteiger partial charge in [0.2, 0.25) is 0 Å². The summed E-state index contributed by atoms with van der Waals surface area (Å²) < 4.78 is 0.738. The maximum Gasteiger partial charge on any atom is 0.129 e. The van der Waals surface area contributed by atoms with Crippen molar-refractivity contribution in [3.05, 3.63) is 22.2 Å². The Labute approximate surface area is 89.8 Å². The second-order valence-electron chi connectivity index (χ2n) is 3.96. The highest BCUT2D eigenvalue weighted by molar-refractivity contribution is 7.71. The molecular weight excluding hydrogens is 192 g/mol. The van der Waals surface area contributed by atoms with E-state index in [1.807, 2.05) is 6.07 Å². The largest absolute Gasteiger partial charge is 0.347 e. The molecule has 0 amide bonds. The Kier molecular flexibility index (Phi) is 2.96. The van der Waals surface area contributed by atoms with E-state index >= 15 is 0 Å². The maximum atomic E-state index is 5.16. The smallest absolute Gasteiger partial charge is 0.129 e. The van der Waals surface area contributed by atoms with Crippen LogP contribution in [-0.4, -0.2) is 9.97 Å². The minimum atomic E-state index is 0.699. The molecule has 0 bridgehead atoms. The average molecular weight is 208 g/mol. The van der Waals surface area contributed by atoms with Gasteiger partial charge in [0.15, 0.2) is 0 Å². The van der Waals surface area contributed by atoms with E-state index in [9.17, 15) is 0 Å². The number of hydrogen-bond acceptors (Lipinski definition) is 2. The number of hydrogen-bond donors (Lipinski definition) is 1. The molecule has 0 atom stereocenters. The van der Waals surface area contributed by atoms with Gasteiger partial charge in [0.05, 0.1) is 0 Å². The van der Waals surface area contributed by atoms with Crippen LogP contribution < -0.4 is 0 Å². The third-order valence-corrected chi connectivity index (χ3v) is 3.15. The molecule has 0 unspecified atom stereocenters. The SMILES string of the molecule is CCc1nc(=S)cc(C2CCCC2)[nH]1. The Bertz CT molecular complexity index is 364. The van der Waals surface area contributed by atoms with Gasteiger partial charge >= 0.3 is 0 Å². The van der Waals surface area contributed by atoms with Gasteiger partial charge in [0, 0.05) is 12.1 Å². The van der Waals surface area contributed by atoms with Crippen molar-refractivity contribution in [2.75, 3.05) is 0 Å². The number of nitrogens with one attached hydrogen (secondary N) is 1. The summed E-state index contributed by atoms with van der Waals surface area (Å²) in [7, 11) is 0. The average Bonchev–Trinajstić information content (AvgIpc) is 2.69. The Morgan fingerprint density at radius 3 is 2.86 bits per heavy atom. The molecule has 0 spiro atoms. The lowest BCUT2D eigenvalue weighted by Gasteiger charge is -2.10. The van der Waals surface area contributed by atoms with Crippen molar-refractivity contribution in [1.82, 2.24) is 9.97 Å². The summed E-state index contributed by atoms with van der Waals surface area (Å²) in [6.45, 7) is 2.10. The van der Waals surface area contributed by atoms with E-state index in [4.69, 9.17) is 12.2 Å². The molecule has 1 N–H and O–H groups in total. The van der Waals surface area contributed by atoms with Crippen molar-refractivity contribution >= 4 is 12.2 Å². The highest BCUT2D eigenvalue weighted by Gasteiger charge is 2.17. The Hall–Kier alpha value is -0.700. The fraction of sp³-hybridized carbons (Fsp3) is 0.636. The molecule has 0 aromatic carbocycles. The van der Waals surface area contributed by atoms with Crippen LogP contribution in [0.1, 0.15) is 50.0 Å². The van der Waals surface area contributed by atoms with Crippen LogP contribution in [0.3, 0.4) is 0 Å². The molecule has 14 heavy (non-hydrogen) atoms. The number of rotatable bonds is 2. The predicted octanol–water partition coefficient (Wildman–Crippen LogP) is 3.36. The summed E-state index contributed by atoms with van der Waals surface area (Å²) in [6.07, 6.45) is 6.26. The number of aromatic amines is 1. The maximum absolute atomic E-state index is 5.16. The molecule has 1 fully saturated rings. The number of aryl methyl sites for hydroxylation is 1. The number of aromatic nitrogens is 2. The van der Waals surface area contributed by atoms with Crippen LogP contribution in [0.25, 0.3) is 0 Å².